The highest BCUT2D eigenvalue weighted by atomic mass is 16.2. The van der Waals surface area contributed by atoms with E-state index in [1.807, 2.05) is 37.4 Å². The summed E-state index contributed by atoms with van der Waals surface area (Å²) in [6.07, 6.45) is 2.16. The van der Waals surface area contributed by atoms with Crippen molar-refractivity contribution in [3.05, 3.63) is 36.0 Å². The highest BCUT2D eigenvalue weighted by molar-refractivity contribution is 6.06. The maximum atomic E-state index is 12.4. The van der Waals surface area contributed by atoms with E-state index in [2.05, 4.69) is 11.1 Å². The topological polar surface area (TPSA) is 59.9 Å². The Morgan fingerprint density at radius 1 is 1.50 bits per heavy atom. The number of rotatable bonds is 3. The van der Waals surface area contributed by atoms with Crippen LogP contribution >= 0.6 is 0 Å². The van der Waals surface area contributed by atoms with Gasteiger partial charge in [0.2, 0.25) is 0 Å². The third kappa shape index (κ3) is 2.07. The summed E-state index contributed by atoms with van der Waals surface area (Å²) < 4.78 is 0. The lowest BCUT2D eigenvalue weighted by molar-refractivity contribution is 0.0748. The van der Waals surface area contributed by atoms with Crippen LogP contribution in [0.2, 0.25) is 0 Å². The van der Waals surface area contributed by atoms with Crippen LogP contribution in [-0.4, -0.2) is 28.9 Å². The lowest BCUT2D eigenvalue weighted by Gasteiger charge is -2.23. The van der Waals surface area contributed by atoms with Crippen molar-refractivity contribution in [1.82, 2.24) is 9.88 Å². The zero-order chi connectivity index (χ0) is 13.1. The van der Waals surface area contributed by atoms with E-state index in [1.54, 1.807) is 11.9 Å². The lowest BCUT2D eigenvalue weighted by atomic mass is 10.1. The van der Waals surface area contributed by atoms with E-state index in [9.17, 15) is 4.79 Å². The molecule has 0 aliphatic carbocycles. The minimum absolute atomic E-state index is 0.0528. The zero-order valence-corrected chi connectivity index (χ0v) is 10.5. The fourth-order valence-corrected chi connectivity index (χ4v) is 1.93. The fourth-order valence-electron chi connectivity index (χ4n) is 1.93. The van der Waals surface area contributed by atoms with E-state index in [1.165, 1.54) is 0 Å². The van der Waals surface area contributed by atoms with Gasteiger partial charge in [-0.15, -0.1) is 0 Å². The van der Waals surface area contributed by atoms with Gasteiger partial charge >= 0.3 is 0 Å². The first-order valence-corrected chi connectivity index (χ1v) is 5.85. The SMILES string of the molecule is CC(CC#N)N(C)C(=O)c1cccc2[nH]ccc12. The molecule has 1 aromatic carbocycles. The molecule has 92 valence electrons. The number of hydrogen-bond acceptors (Lipinski definition) is 2. The Kier molecular flexibility index (Phi) is 3.33. The number of H-pyrrole nitrogens is 1. The summed E-state index contributed by atoms with van der Waals surface area (Å²) in [5.74, 6) is -0.0528. The van der Waals surface area contributed by atoms with Gasteiger partial charge in [-0.3, -0.25) is 4.79 Å². The molecule has 4 nitrogen and oxygen atoms in total. The van der Waals surface area contributed by atoms with Gasteiger partial charge in [0.05, 0.1) is 12.5 Å². The summed E-state index contributed by atoms with van der Waals surface area (Å²) in [6, 6.07) is 9.50. The smallest absolute Gasteiger partial charge is 0.254 e. The molecule has 0 radical (unpaired) electrons. The number of nitriles is 1. The molecule has 0 saturated heterocycles. The molecule has 0 aliphatic heterocycles. The molecule has 2 rings (SSSR count). The van der Waals surface area contributed by atoms with Gasteiger partial charge in [-0.2, -0.15) is 5.26 Å². The molecule has 0 spiro atoms. The van der Waals surface area contributed by atoms with Crippen LogP contribution in [0.15, 0.2) is 30.5 Å². The third-order valence-electron chi connectivity index (χ3n) is 3.19. The summed E-state index contributed by atoms with van der Waals surface area (Å²) in [4.78, 5) is 17.1. The molecule has 2 aromatic rings. The van der Waals surface area contributed by atoms with Crippen molar-refractivity contribution in [2.24, 2.45) is 0 Å². The Bertz CT molecular complexity index is 609. The monoisotopic (exact) mass is 241 g/mol. The van der Waals surface area contributed by atoms with Crippen LogP contribution in [0.5, 0.6) is 0 Å². The molecular formula is C14H15N3O. The Balaban J connectivity index is 2.34. The van der Waals surface area contributed by atoms with Crippen molar-refractivity contribution in [3.63, 3.8) is 0 Å². The molecule has 0 aliphatic rings. The molecule has 0 bridgehead atoms. The van der Waals surface area contributed by atoms with Crippen LogP contribution in [0.1, 0.15) is 23.7 Å². The minimum Gasteiger partial charge on any atom is -0.361 e. The van der Waals surface area contributed by atoms with Gasteiger partial charge in [-0.25, -0.2) is 0 Å². The summed E-state index contributed by atoms with van der Waals surface area (Å²) in [6.45, 7) is 1.87. The maximum Gasteiger partial charge on any atom is 0.254 e. The van der Waals surface area contributed by atoms with Crippen molar-refractivity contribution in [2.45, 2.75) is 19.4 Å². The van der Waals surface area contributed by atoms with Crippen molar-refractivity contribution in [1.29, 1.82) is 5.26 Å². The van der Waals surface area contributed by atoms with Crippen molar-refractivity contribution < 1.29 is 4.79 Å². The second-order valence-electron chi connectivity index (χ2n) is 4.37. The normalized spacial score (nSPS) is 12.1. The fraction of sp³-hybridized carbons (Fsp3) is 0.286. The number of aromatic nitrogens is 1. The van der Waals surface area contributed by atoms with Crippen LogP contribution < -0.4 is 0 Å². The van der Waals surface area contributed by atoms with E-state index in [0.29, 0.717) is 12.0 Å². The molecule has 0 saturated carbocycles. The van der Waals surface area contributed by atoms with Gasteiger partial charge in [0.25, 0.3) is 5.91 Å². The minimum atomic E-state index is -0.0864. The summed E-state index contributed by atoms with van der Waals surface area (Å²) >= 11 is 0. The number of nitrogens with zero attached hydrogens (tertiary/aromatic N) is 2. The van der Waals surface area contributed by atoms with Crippen molar-refractivity contribution in [3.8, 4) is 6.07 Å². The zero-order valence-electron chi connectivity index (χ0n) is 10.5. The molecule has 1 aromatic heterocycles. The lowest BCUT2D eigenvalue weighted by Crippen LogP contribution is -2.34. The van der Waals surface area contributed by atoms with Crippen molar-refractivity contribution >= 4 is 16.8 Å². The second-order valence-corrected chi connectivity index (χ2v) is 4.37. The molecule has 1 atom stereocenters. The number of carbonyl (C=O) groups is 1. The van der Waals surface area contributed by atoms with E-state index in [0.717, 1.165) is 10.9 Å². The first-order chi connectivity index (χ1) is 8.65. The Morgan fingerprint density at radius 2 is 2.28 bits per heavy atom. The first kappa shape index (κ1) is 12.2. The van der Waals surface area contributed by atoms with E-state index in [4.69, 9.17) is 5.26 Å². The number of fused-ring (bicyclic) bond motifs is 1. The standard InChI is InChI=1S/C14H15N3O/c1-10(6-8-15)17(2)14(18)12-4-3-5-13-11(12)7-9-16-13/h3-5,7,9-10,16H,6H2,1-2H3. The Hall–Kier alpha value is -2.28. The quantitative estimate of drug-likeness (QED) is 0.897. The van der Waals surface area contributed by atoms with Crippen LogP contribution in [-0.2, 0) is 0 Å². The molecular weight excluding hydrogens is 226 g/mol. The Labute approximate surface area is 106 Å². The van der Waals surface area contributed by atoms with Gasteiger partial charge in [0.15, 0.2) is 0 Å². The Morgan fingerprint density at radius 3 is 3.00 bits per heavy atom. The predicted octanol–water partition coefficient (Wildman–Crippen LogP) is 2.54. The number of nitrogens with one attached hydrogen (secondary N) is 1. The summed E-state index contributed by atoms with van der Waals surface area (Å²) in [5, 5.41) is 9.60. The van der Waals surface area contributed by atoms with E-state index >= 15 is 0 Å². The number of benzene rings is 1. The number of amides is 1. The number of aromatic amines is 1. The average molecular weight is 241 g/mol. The molecule has 1 unspecified atom stereocenters. The predicted molar refractivity (Wildman–Crippen MR) is 70.1 cm³/mol. The van der Waals surface area contributed by atoms with Crippen molar-refractivity contribution in [2.75, 3.05) is 7.05 Å². The molecule has 4 heteroatoms. The molecule has 1 heterocycles. The first-order valence-electron chi connectivity index (χ1n) is 5.85. The highest BCUT2D eigenvalue weighted by Gasteiger charge is 2.19. The van der Waals surface area contributed by atoms with Gasteiger partial charge in [-0.05, 0) is 25.1 Å². The highest BCUT2D eigenvalue weighted by Crippen LogP contribution is 2.19. The van der Waals surface area contributed by atoms with Crippen LogP contribution in [0.4, 0.5) is 0 Å². The maximum absolute atomic E-state index is 12.4. The molecule has 0 fully saturated rings. The van der Waals surface area contributed by atoms with E-state index < -0.39 is 0 Å². The van der Waals surface area contributed by atoms with E-state index in [-0.39, 0.29) is 11.9 Å². The molecule has 1 amide bonds. The molecule has 1 N–H and O–H groups in total. The van der Waals surface area contributed by atoms with Crippen LogP contribution in [0.3, 0.4) is 0 Å². The van der Waals surface area contributed by atoms with Crippen LogP contribution in [0.25, 0.3) is 10.9 Å². The number of hydrogen-bond donors (Lipinski definition) is 1. The summed E-state index contributed by atoms with van der Waals surface area (Å²) in [7, 11) is 1.73. The summed E-state index contributed by atoms with van der Waals surface area (Å²) in [5.41, 5.74) is 1.61. The van der Waals surface area contributed by atoms with Gasteiger partial charge in [0.1, 0.15) is 0 Å². The number of carbonyl (C=O) groups excluding carboxylic acids is 1. The van der Waals surface area contributed by atoms with Gasteiger partial charge < -0.3 is 9.88 Å². The molecule has 18 heavy (non-hydrogen) atoms. The van der Waals surface area contributed by atoms with Gasteiger partial charge in [0, 0.05) is 35.8 Å². The van der Waals surface area contributed by atoms with Crippen LogP contribution in [0, 0.1) is 11.3 Å². The van der Waals surface area contributed by atoms with Gasteiger partial charge in [-0.1, -0.05) is 6.07 Å². The average Bonchev–Trinajstić information content (AvgIpc) is 2.85. The second kappa shape index (κ2) is 4.92. The third-order valence-corrected chi connectivity index (χ3v) is 3.19. The largest absolute Gasteiger partial charge is 0.361 e.